The molecule has 0 aliphatic carbocycles. The molecule has 0 amide bonds. The van der Waals surface area contributed by atoms with Gasteiger partial charge in [0, 0.05) is 18.3 Å². The van der Waals surface area contributed by atoms with E-state index >= 15 is 0 Å². The maximum Gasteiger partial charge on any atom is 0.323 e. The molecule has 0 N–H and O–H groups in total. The van der Waals surface area contributed by atoms with E-state index in [2.05, 4.69) is 4.90 Å². The van der Waals surface area contributed by atoms with Crippen LogP contribution < -0.4 is 0 Å². The van der Waals surface area contributed by atoms with Crippen molar-refractivity contribution in [3.8, 4) is 0 Å². The maximum atomic E-state index is 11.4. The molecular formula is C10H17NO2S. The van der Waals surface area contributed by atoms with E-state index in [-0.39, 0.29) is 12.0 Å². The number of hydrogen-bond acceptors (Lipinski definition) is 4. The maximum absolute atomic E-state index is 11.4. The van der Waals surface area contributed by atoms with Gasteiger partial charge in [-0.2, -0.15) is 11.8 Å². The number of nitrogens with zero attached hydrogens (tertiary/aromatic N) is 1. The lowest BCUT2D eigenvalue weighted by molar-refractivity contribution is -0.153. The fourth-order valence-electron chi connectivity index (χ4n) is 2.22. The van der Waals surface area contributed by atoms with E-state index in [0.717, 1.165) is 13.0 Å². The summed E-state index contributed by atoms with van der Waals surface area (Å²) < 4.78 is 4.79. The SMILES string of the molecule is COC(=O)C1CCN1C1CCCSC1. The van der Waals surface area contributed by atoms with Crippen LogP contribution in [0.1, 0.15) is 19.3 Å². The summed E-state index contributed by atoms with van der Waals surface area (Å²) in [4.78, 5) is 13.7. The first kappa shape index (κ1) is 10.3. The molecule has 2 unspecified atom stereocenters. The van der Waals surface area contributed by atoms with E-state index < -0.39 is 0 Å². The van der Waals surface area contributed by atoms with Crippen molar-refractivity contribution in [2.45, 2.75) is 31.3 Å². The van der Waals surface area contributed by atoms with Crippen molar-refractivity contribution < 1.29 is 9.53 Å². The highest BCUT2D eigenvalue weighted by atomic mass is 32.2. The largest absolute Gasteiger partial charge is 0.468 e. The van der Waals surface area contributed by atoms with Crippen LogP contribution in [0.3, 0.4) is 0 Å². The molecular weight excluding hydrogens is 198 g/mol. The van der Waals surface area contributed by atoms with Crippen molar-refractivity contribution in [1.82, 2.24) is 4.90 Å². The second-order valence-electron chi connectivity index (χ2n) is 3.94. The lowest BCUT2D eigenvalue weighted by Gasteiger charge is -2.45. The molecule has 2 fully saturated rings. The molecule has 2 saturated heterocycles. The van der Waals surface area contributed by atoms with E-state index in [1.54, 1.807) is 0 Å². The van der Waals surface area contributed by atoms with E-state index in [9.17, 15) is 4.79 Å². The Hall–Kier alpha value is -0.220. The summed E-state index contributed by atoms with van der Waals surface area (Å²) in [5.74, 6) is 2.42. The Morgan fingerprint density at radius 2 is 2.36 bits per heavy atom. The Labute approximate surface area is 89.2 Å². The monoisotopic (exact) mass is 215 g/mol. The van der Waals surface area contributed by atoms with Gasteiger partial charge in [0.2, 0.25) is 0 Å². The van der Waals surface area contributed by atoms with Gasteiger partial charge in [-0.3, -0.25) is 9.69 Å². The molecule has 0 bridgehead atoms. The van der Waals surface area contributed by atoms with Crippen LogP contribution in [0.15, 0.2) is 0 Å². The molecule has 0 aromatic heterocycles. The fraction of sp³-hybridized carbons (Fsp3) is 0.900. The summed E-state index contributed by atoms with van der Waals surface area (Å²) in [5.41, 5.74) is 0. The minimum atomic E-state index is -0.0492. The number of thioether (sulfide) groups is 1. The van der Waals surface area contributed by atoms with E-state index in [1.807, 2.05) is 11.8 Å². The highest BCUT2D eigenvalue weighted by Crippen LogP contribution is 2.29. The number of hydrogen-bond donors (Lipinski definition) is 0. The second kappa shape index (κ2) is 4.53. The van der Waals surface area contributed by atoms with Crippen molar-refractivity contribution in [3.05, 3.63) is 0 Å². The first-order valence-electron chi connectivity index (χ1n) is 5.24. The molecule has 0 aromatic carbocycles. The van der Waals surface area contributed by atoms with Gasteiger partial charge >= 0.3 is 5.97 Å². The number of carbonyl (C=O) groups is 1. The summed E-state index contributed by atoms with van der Waals surface area (Å²) in [7, 11) is 1.48. The van der Waals surface area contributed by atoms with Crippen LogP contribution in [0.5, 0.6) is 0 Å². The van der Waals surface area contributed by atoms with Crippen LogP contribution in [0.2, 0.25) is 0 Å². The number of likely N-dealkylation sites (tertiary alicyclic amines) is 1. The Bertz CT molecular complexity index is 216. The lowest BCUT2D eigenvalue weighted by Crippen LogP contribution is -2.58. The number of esters is 1. The highest BCUT2D eigenvalue weighted by Gasteiger charge is 2.39. The number of rotatable bonds is 2. The molecule has 0 spiro atoms. The molecule has 4 heteroatoms. The van der Waals surface area contributed by atoms with Crippen LogP contribution in [-0.2, 0) is 9.53 Å². The minimum absolute atomic E-state index is 0.0492. The average Bonchev–Trinajstić information content (AvgIpc) is 2.17. The molecule has 2 atom stereocenters. The third-order valence-electron chi connectivity index (χ3n) is 3.14. The Morgan fingerprint density at radius 1 is 1.50 bits per heavy atom. The summed E-state index contributed by atoms with van der Waals surface area (Å²) in [6.45, 7) is 1.07. The zero-order chi connectivity index (χ0) is 9.97. The summed E-state index contributed by atoms with van der Waals surface area (Å²) in [6, 6.07) is 0.676. The van der Waals surface area contributed by atoms with Crippen molar-refractivity contribution in [2.24, 2.45) is 0 Å². The van der Waals surface area contributed by atoms with Gasteiger partial charge in [0.25, 0.3) is 0 Å². The van der Waals surface area contributed by atoms with Crippen LogP contribution in [0.4, 0.5) is 0 Å². The van der Waals surface area contributed by atoms with Gasteiger partial charge in [0.15, 0.2) is 0 Å². The van der Waals surface area contributed by atoms with E-state index in [1.165, 1.54) is 31.5 Å². The predicted octanol–water partition coefficient (Wildman–Crippen LogP) is 1.13. The highest BCUT2D eigenvalue weighted by molar-refractivity contribution is 7.99. The molecule has 3 nitrogen and oxygen atoms in total. The molecule has 0 radical (unpaired) electrons. The van der Waals surface area contributed by atoms with Crippen molar-refractivity contribution >= 4 is 17.7 Å². The predicted molar refractivity (Wildman–Crippen MR) is 57.5 cm³/mol. The van der Waals surface area contributed by atoms with Crippen LogP contribution in [-0.4, -0.2) is 48.1 Å². The molecule has 2 aliphatic rings. The quantitative estimate of drug-likeness (QED) is 0.646. The van der Waals surface area contributed by atoms with Gasteiger partial charge < -0.3 is 4.74 Å². The summed E-state index contributed by atoms with van der Waals surface area (Å²) in [6.07, 6.45) is 3.52. The zero-order valence-corrected chi connectivity index (χ0v) is 9.39. The molecule has 2 heterocycles. The van der Waals surface area contributed by atoms with Gasteiger partial charge in [-0.05, 0) is 25.0 Å². The van der Waals surface area contributed by atoms with Gasteiger partial charge in [-0.1, -0.05) is 0 Å². The van der Waals surface area contributed by atoms with Crippen molar-refractivity contribution in [3.63, 3.8) is 0 Å². The number of carbonyl (C=O) groups excluding carboxylic acids is 1. The van der Waals surface area contributed by atoms with Crippen LogP contribution in [0, 0.1) is 0 Å². The number of methoxy groups -OCH3 is 1. The zero-order valence-electron chi connectivity index (χ0n) is 8.57. The smallest absolute Gasteiger partial charge is 0.323 e. The van der Waals surface area contributed by atoms with Crippen molar-refractivity contribution in [2.75, 3.05) is 25.2 Å². The van der Waals surface area contributed by atoms with E-state index in [0.29, 0.717) is 6.04 Å². The van der Waals surface area contributed by atoms with Gasteiger partial charge in [-0.15, -0.1) is 0 Å². The Kier molecular flexibility index (Phi) is 3.34. The molecule has 2 rings (SSSR count). The third-order valence-corrected chi connectivity index (χ3v) is 4.34. The minimum Gasteiger partial charge on any atom is -0.468 e. The third kappa shape index (κ3) is 1.91. The first-order chi connectivity index (χ1) is 6.83. The van der Waals surface area contributed by atoms with E-state index in [4.69, 9.17) is 4.74 Å². The Balaban J connectivity index is 1.88. The lowest BCUT2D eigenvalue weighted by atomic mass is 9.98. The first-order valence-corrected chi connectivity index (χ1v) is 6.39. The molecule has 14 heavy (non-hydrogen) atoms. The van der Waals surface area contributed by atoms with Gasteiger partial charge in [0.1, 0.15) is 6.04 Å². The molecule has 2 aliphatic heterocycles. The second-order valence-corrected chi connectivity index (χ2v) is 5.09. The average molecular weight is 215 g/mol. The van der Waals surface area contributed by atoms with Gasteiger partial charge in [-0.25, -0.2) is 0 Å². The normalized spacial score (nSPS) is 33.5. The van der Waals surface area contributed by atoms with Crippen LogP contribution in [0.25, 0.3) is 0 Å². The summed E-state index contributed by atoms with van der Waals surface area (Å²) >= 11 is 2.01. The standard InChI is InChI=1S/C10H17NO2S/c1-13-10(12)9-4-5-11(9)8-3-2-6-14-7-8/h8-9H,2-7H2,1H3. The van der Waals surface area contributed by atoms with Crippen molar-refractivity contribution in [1.29, 1.82) is 0 Å². The Morgan fingerprint density at radius 3 is 2.86 bits per heavy atom. The fourth-order valence-corrected chi connectivity index (χ4v) is 3.39. The topological polar surface area (TPSA) is 29.5 Å². The summed E-state index contributed by atoms with van der Waals surface area (Å²) in [5, 5.41) is 0. The molecule has 0 aromatic rings. The number of ether oxygens (including phenoxy) is 1. The molecule has 0 saturated carbocycles. The van der Waals surface area contributed by atoms with Gasteiger partial charge in [0.05, 0.1) is 7.11 Å². The molecule has 80 valence electrons. The van der Waals surface area contributed by atoms with Crippen LogP contribution >= 0.6 is 11.8 Å².